The van der Waals surface area contributed by atoms with Crippen LogP contribution in [0.5, 0.6) is 0 Å². The highest BCUT2D eigenvalue weighted by Crippen LogP contribution is 2.36. The molecule has 1 aromatic carbocycles. The van der Waals surface area contributed by atoms with Crippen molar-refractivity contribution in [3.63, 3.8) is 0 Å². The maximum absolute atomic E-state index is 14.8. The van der Waals surface area contributed by atoms with Crippen molar-refractivity contribution < 1.29 is 9.13 Å². The molecular weight excluding hydrogens is 327 g/mol. The van der Waals surface area contributed by atoms with E-state index in [0.717, 1.165) is 16.5 Å². The molecule has 24 heavy (non-hydrogen) atoms. The third-order valence-corrected chi connectivity index (χ3v) is 4.60. The van der Waals surface area contributed by atoms with Gasteiger partial charge in [-0.25, -0.2) is 4.39 Å². The van der Waals surface area contributed by atoms with Gasteiger partial charge in [-0.1, -0.05) is 43.0 Å². The first-order valence-electron chi connectivity index (χ1n) is 7.56. The van der Waals surface area contributed by atoms with Crippen LogP contribution in [-0.2, 0) is 4.74 Å². The Kier molecular flexibility index (Phi) is 4.43. The number of nitrogens with zero attached hydrogens (tertiary/aromatic N) is 1. The number of allylic oxidation sites excluding steroid dienone is 2. The highest BCUT2D eigenvalue weighted by molar-refractivity contribution is 6.31. The maximum atomic E-state index is 14.8. The molecule has 0 atom stereocenters. The molecule has 2 aromatic rings. The van der Waals surface area contributed by atoms with Gasteiger partial charge in [0.2, 0.25) is 0 Å². The van der Waals surface area contributed by atoms with Crippen molar-refractivity contribution in [2.24, 2.45) is 0 Å². The molecule has 0 bridgehead atoms. The van der Waals surface area contributed by atoms with E-state index in [-0.39, 0.29) is 5.82 Å². The summed E-state index contributed by atoms with van der Waals surface area (Å²) >= 11 is 6.05. The molecular formula is C19H18ClFN2O. The summed E-state index contributed by atoms with van der Waals surface area (Å²) in [6.07, 6.45) is 3.30. The first kappa shape index (κ1) is 16.7. The van der Waals surface area contributed by atoms with Gasteiger partial charge in [0.05, 0.1) is 18.9 Å². The molecule has 0 aliphatic carbocycles. The molecule has 1 aliphatic heterocycles. The average Bonchev–Trinajstić information content (AvgIpc) is 2.55. The number of ether oxygens (including phenoxy) is 1. The summed E-state index contributed by atoms with van der Waals surface area (Å²) in [5, 5.41) is 4.45. The number of anilines is 1. The predicted octanol–water partition coefficient (Wildman–Crippen LogP) is 4.81. The zero-order chi connectivity index (χ0) is 17.3. The molecule has 1 saturated heterocycles. The molecule has 3 nitrogen and oxygen atoms in total. The minimum absolute atomic E-state index is 0.334. The fourth-order valence-electron chi connectivity index (χ4n) is 2.92. The number of pyridine rings is 1. The molecule has 1 N–H and O–H groups in total. The maximum Gasteiger partial charge on any atom is 0.172 e. The second-order valence-electron chi connectivity index (χ2n) is 5.85. The summed E-state index contributed by atoms with van der Waals surface area (Å²) in [5.41, 5.74) is 1.79. The highest BCUT2D eigenvalue weighted by Gasteiger charge is 2.42. The predicted molar refractivity (Wildman–Crippen MR) is 96.8 cm³/mol. The van der Waals surface area contributed by atoms with Gasteiger partial charge in [0, 0.05) is 16.6 Å². The molecule has 0 radical (unpaired) electrons. The fourth-order valence-corrected chi connectivity index (χ4v) is 3.02. The van der Waals surface area contributed by atoms with E-state index in [2.05, 4.69) is 23.5 Å². The second kappa shape index (κ2) is 6.38. The standard InChI is InChI=1S/C19H18ClFN2O/c1-4-15(12(2)13(3)20)19(10-24-11-19)23-16-8-7-14-6-5-9-22-18(14)17(16)21/h4-9,23H,1,3,10-11H2,2H3/b15-12+. The summed E-state index contributed by atoms with van der Waals surface area (Å²) in [5.74, 6) is -0.384. The van der Waals surface area contributed by atoms with Crippen LogP contribution >= 0.6 is 11.6 Å². The van der Waals surface area contributed by atoms with Crippen LogP contribution < -0.4 is 5.32 Å². The summed E-state index contributed by atoms with van der Waals surface area (Å²) in [6, 6.07) is 7.16. The van der Waals surface area contributed by atoms with Gasteiger partial charge in [-0.3, -0.25) is 4.98 Å². The summed E-state index contributed by atoms with van der Waals surface area (Å²) in [7, 11) is 0. The van der Waals surface area contributed by atoms with Gasteiger partial charge < -0.3 is 10.1 Å². The Hall–Kier alpha value is -2.17. The molecule has 1 fully saturated rings. The van der Waals surface area contributed by atoms with Crippen LogP contribution in [0.25, 0.3) is 10.9 Å². The highest BCUT2D eigenvalue weighted by atomic mass is 35.5. The van der Waals surface area contributed by atoms with Gasteiger partial charge >= 0.3 is 0 Å². The van der Waals surface area contributed by atoms with Gasteiger partial charge in [-0.05, 0) is 30.2 Å². The van der Waals surface area contributed by atoms with E-state index in [9.17, 15) is 4.39 Å². The Morgan fingerprint density at radius 1 is 1.42 bits per heavy atom. The van der Waals surface area contributed by atoms with Crippen molar-refractivity contribution in [1.82, 2.24) is 4.98 Å². The van der Waals surface area contributed by atoms with Gasteiger partial charge in [0.25, 0.3) is 0 Å². The Morgan fingerprint density at radius 3 is 2.75 bits per heavy atom. The molecule has 124 valence electrons. The van der Waals surface area contributed by atoms with Crippen LogP contribution in [0, 0.1) is 5.82 Å². The Morgan fingerprint density at radius 2 is 2.17 bits per heavy atom. The van der Waals surface area contributed by atoms with Crippen LogP contribution in [-0.4, -0.2) is 23.7 Å². The monoisotopic (exact) mass is 344 g/mol. The van der Waals surface area contributed by atoms with E-state index in [1.165, 1.54) is 0 Å². The summed E-state index contributed by atoms with van der Waals surface area (Å²) in [4.78, 5) is 4.13. The molecule has 0 unspecified atom stereocenters. The van der Waals surface area contributed by atoms with Crippen LogP contribution in [0.1, 0.15) is 6.92 Å². The number of hydrogen-bond donors (Lipinski definition) is 1. The number of fused-ring (bicyclic) bond motifs is 1. The average molecular weight is 345 g/mol. The molecule has 3 rings (SSSR count). The van der Waals surface area contributed by atoms with E-state index < -0.39 is 5.54 Å². The van der Waals surface area contributed by atoms with Crippen molar-refractivity contribution in [2.45, 2.75) is 12.5 Å². The third kappa shape index (κ3) is 2.72. The topological polar surface area (TPSA) is 34.2 Å². The van der Waals surface area contributed by atoms with Gasteiger partial charge in [-0.15, -0.1) is 0 Å². The molecule has 0 amide bonds. The van der Waals surface area contributed by atoms with E-state index in [0.29, 0.717) is 29.5 Å². The lowest BCUT2D eigenvalue weighted by molar-refractivity contribution is -0.0215. The first-order valence-corrected chi connectivity index (χ1v) is 7.94. The van der Waals surface area contributed by atoms with Crippen molar-refractivity contribution >= 4 is 28.2 Å². The zero-order valence-electron chi connectivity index (χ0n) is 13.4. The van der Waals surface area contributed by atoms with Crippen LogP contribution in [0.4, 0.5) is 10.1 Å². The summed E-state index contributed by atoms with van der Waals surface area (Å²) < 4.78 is 20.2. The molecule has 0 spiro atoms. The number of benzene rings is 1. The van der Waals surface area contributed by atoms with Crippen LogP contribution in [0.2, 0.25) is 0 Å². The van der Waals surface area contributed by atoms with E-state index in [1.54, 1.807) is 24.4 Å². The lowest BCUT2D eigenvalue weighted by atomic mass is 9.84. The Bertz CT molecular complexity index is 856. The zero-order valence-corrected chi connectivity index (χ0v) is 14.2. The fraction of sp³-hybridized carbons (Fsp3) is 0.211. The summed E-state index contributed by atoms with van der Waals surface area (Å²) in [6.45, 7) is 10.3. The number of rotatable bonds is 5. The van der Waals surface area contributed by atoms with Crippen molar-refractivity contribution in [3.8, 4) is 0 Å². The quantitative estimate of drug-likeness (QED) is 0.790. The minimum atomic E-state index is -0.576. The van der Waals surface area contributed by atoms with Crippen molar-refractivity contribution in [1.29, 1.82) is 0 Å². The normalized spacial score (nSPS) is 17.0. The van der Waals surface area contributed by atoms with Crippen LogP contribution in [0.3, 0.4) is 0 Å². The number of hydrogen-bond acceptors (Lipinski definition) is 3. The molecule has 0 saturated carbocycles. The third-order valence-electron chi connectivity index (χ3n) is 4.31. The van der Waals surface area contributed by atoms with E-state index >= 15 is 0 Å². The van der Waals surface area contributed by atoms with E-state index in [4.69, 9.17) is 16.3 Å². The smallest absolute Gasteiger partial charge is 0.172 e. The number of halogens is 2. The van der Waals surface area contributed by atoms with Gasteiger partial charge in [0.1, 0.15) is 11.1 Å². The Labute approximate surface area is 145 Å². The van der Waals surface area contributed by atoms with E-state index in [1.807, 2.05) is 19.1 Å². The van der Waals surface area contributed by atoms with Crippen molar-refractivity contribution in [3.05, 3.63) is 71.7 Å². The van der Waals surface area contributed by atoms with Gasteiger partial charge in [-0.2, -0.15) is 0 Å². The number of nitrogens with one attached hydrogen (secondary N) is 1. The molecule has 5 heteroatoms. The molecule has 1 aliphatic rings. The van der Waals surface area contributed by atoms with Gasteiger partial charge in [0.15, 0.2) is 5.82 Å². The molecule has 2 heterocycles. The van der Waals surface area contributed by atoms with Crippen LogP contribution in [0.15, 0.2) is 65.9 Å². The Balaban J connectivity index is 2.05. The largest absolute Gasteiger partial charge is 0.376 e. The van der Waals surface area contributed by atoms with Crippen molar-refractivity contribution in [2.75, 3.05) is 18.5 Å². The number of aromatic nitrogens is 1. The first-order chi connectivity index (χ1) is 11.5. The lowest BCUT2D eigenvalue weighted by Crippen LogP contribution is -2.57. The second-order valence-corrected chi connectivity index (χ2v) is 6.31. The molecule has 1 aromatic heterocycles. The SMILES string of the molecule is C=C/C(=C(/C)C(=C)Cl)C1(Nc2ccc3cccnc3c2F)COC1. The minimum Gasteiger partial charge on any atom is -0.376 e. The lowest BCUT2D eigenvalue weighted by Gasteiger charge is -2.44.